The second kappa shape index (κ2) is 8.60. The summed E-state index contributed by atoms with van der Waals surface area (Å²) in [4.78, 5) is 41.8. The van der Waals surface area contributed by atoms with Crippen molar-refractivity contribution in [3.05, 3.63) is 94.6 Å². The summed E-state index contributed by atoms with van der Waals surface area (Å²) in [5.74, 6) is -2.26. The minimum absolute atomic E-state index is 0.241. The molecule has 4 rings (SSSR count). The molecule has 2 aliphatic heterocycles. The Morgan fingerprint density at radius 3 is 1.81 bits per heavy atom. The van der Waals surface area contributed by atoms with Crippen LogP contribution in [0.2, 0.25) is 0 Å². The number of carbonyl (C=O) groups is 3. The number of rotatable bonds is 5. The quantitative estimate of drug-likeness (QED) is 0.471. The maximum absolute atomic E-state index is 13.8. The van der Waals surface area contributed by atoms with Gasteiger partial charge in [0.1, 0.15) is 17.7 Å². The van der Waals surface area contributed by atoms with E-state index >= 15 is 0 Å². The van der Waals surface area contributed by atoms with E-state index in [-0.39, 0.29) is 16.9 Å². The van der Waals surface area contributed by atoms with Gasteiger partial charge in [0.25, 0.3) is 0 Å². The highest BCUT2D eigenvalue weighted by Crippen LogP contribution is 2.61. The normalized spacial score (nSPS) is 21.6. The first kappa shape index (κ1) is 24.6. The smallest absolute Gasteiger partial charge is 0.338 e. The summed E-state index contributed by atoms with van der Waals surface area (Å²) in [5.41, 5.74) is -4.74. The van der Waals surface area contributed by atoms with Crippen LogP contribution in [0.25, 0.3) is 0 Å². The lowest BCUT2D eigenvalue weighted by Gasteiger charge is -2.45. The second-order valence-corrected chi connectivity index (χ2v) is 8.95. The highest BCUT2D eigenvalue weighted by molar-refractivity contribution is 6.13. The summed E-state index contributed by atoms with van der Waals surface area (Å²) >= 11 is 0. The maximum Gasteiger partial charge on any atom is 0.338 e. The predicted octanol–water partition coefficient (Wildman–Crippen LogP) is 3.23. The molecular weight excluding hydrogens is 458 g/mol. The molecule has 0 bridgehead atoms. The Bertz CT molecular complexity index is 1400. The lowest BCUT2D eigenvalue weighted by atomic mass is 9.80. The molecule has 0 saturated heterocycles. The molecule has 1 atom stereocenters. The average Bonchev–Trinajstić information content (AvgIpc) is 3.33. The van der Waals surface area contributed by atoms with Gasteiger partial charge in [0.15, 0.2) is 5.78 Å². The van der Waals surface area contributed by atoms with Crippen molar-refractivity contribution in [2.45, 2.75) is 30.5 Å². The first-order valence-corrected chi connectivity index (χ1v) is 11.1. The summed E-state index contributed by atoms with van der Waals surface area (Å²) in [7, 11) is 2.25. The molecular formula is C28H23N3O5. The number of carbonyl (C=O) groups excluding carboxylic acids is 3. The van der Waals surface area contributed by atoms with E-state index in [9.17, 15) is 24.9 Å². The molecule has 2 aromatic carbocycles. The van der Waals surface area contributed by atoms with Crippen molar-refractivity contribution in [3.63, 3.8) is 0 Å². The Hall–Kier alpha value is -4.53. The Kier molecular flexibility index (Phi) is 5.87. The zero-order valence-corrected chi connectivity index (χ0v) is 20.2. The van der Waals surface area contributed by atoms with Crippen LogP contribution in [0, 0.1) is 22.7 Å². The fourth-order valence-electron chi connectivity index (χ4n) is 5.45. The van der Waals surface area contributed by atoms with Crippen molar-refractivity contribution in [2.75, 3.05) is 14.2 Å². The minimum atomic E-state index is -2.27. The first-order valence-electron chi connectivity index (χ1n) is 11.1. The van der Waals surface area contributed by atoms with Crippen LogP contribution in [0.4, 0.5) is 0 Å². The van der Waals surface area contributed by atoms with Gasteiger partial charge in [-0.1, -0.05) is 60.7 Å². The molecule has 1 unspecified atom stereocenters. The molecule has 2 aromatic rings. The molecule has 0 amide bonds. The Labute approximate surface area is 208 Å². The number of benzene rings is 2. The number of esters is 2. The molecule has 2 aliphatic rings. The third-order valence-electron chi connectivity index (χ3n) is 6.85. The number of ketones is 1. The van der Waals surface area contributed by atoms with Crippen LogP contribution in [0.15, 0.2) is 83.5 Å². The highest BCUT2D eigenvalue weighted by atomic mass is 16.5. The zero-order chi connectivity index (χ0) is 26.3. The van der Waals surface area contributed by atoms with E-state index in [4.69, 9.17) is 9.47 Å². The van der Waals surface area contributed by atoms with Crippen LogP contribution in [0.5, 0.6) is 0 Å². The number of methoxy groups -OCH3 is 2. The number of fused-ring (bicyclic) bond motifs is 1. The summed E-state index contributed by atoms with van der Waals surface area (Å²) < 4.78 is 10.0. The van der Waals surface area contributed by atoms with Crippen molar-refractivity contribution in [1.29, 1.82) is 10.5 Å². The Balaban J connectivity index is 2.20. The second-order valence-electron chi connectivity index (χ2n) is 8.95. The van der Waals surface area contributed by atoms with Crippen molar-refractivity contribution in [2.24, 2.45) is 0 Å². The lowest BCUT2D eigenvalue weighted by Crippen LogP contribution is -2.60. The van der Waals surface area contributed by atoms with E-state index in [1.807, 2.05) is 12.1 Å². The number of ether oxygens (including phenoxy) is 2. The molecule has 2 heterocycles. The molecule has 0 N–H and O–H groups in total. The molecule has 36 heavy (non-hydrogen) atoms. The van der Waals surface area contributed by atoms with Crippen molar-refractivity contribution < 1.29 is 23.9 Å². The molecule has 0 saturated carbocycles. The van der Waals surface area contributed by atoms with E-state index in [0.717, 1.165) is 14.2 Å². The topological polar surface area (TPSA) is 120 Å². The standard InChI is InChI=1S/C28H23N3O5/c1-26(2)20(23(32)18-11-7-5-8-12-18)15-28(19-13-9-6-10-14-19)22(25(34)36-4)21(24(33)35-3)27(16-29,17-30)31(26)28/h5-15H,1-4H3. The van der Waals surface area contributed by atoms with Crippen LogP contribution in [0.3, 0.4) is 0 Å². The number of nitrogens with zero attached hydrogens (tertiary/aromatic N) is 3. The number of nitriles is 2. The van der Waals surface area contributed by atoms with Gasteiger partial charge in [-0.05, 0) is 25.5 Å². The highest BCUT2D eigenvalue weighted by Gasteiger charge is 2.72. The van der Waals surface area contributed by atoms with Gasteiger partial charge in [0.05, 0.1) is 25.4 Å². The van der Waals surface area contributed by atoms with Gasteiger partial charge in [-0.15, -0.1) is 0 Å². The molecule has 8 nitrogen and oxygen atoms in total. The third kappa shape index (κ3) is 3.05. The van der Waals surface area contributed by atoms with Gasteiger partial charge in [0.2, 0.25) is 5.54 Å². The van der Waals surface area contributed by atoms with Gasteiger partial charge in [-0.3, -0.25) is 4.79 Å². The molecule has 8 heteroatoms. The molecule has 180 valence electrons. The van der Waals surface area contributed by atoms with E-state index in [1.165, 1.54) is 4.90 Å². The monoisotopic (exact) mass is 481 g/mol. The van der Waals surface area contributed by atoms with Crippen LogP contribution in [-0.2, 0) is 24.6 Å². The third-order valence-corrected chi connectivity index (χ3v) is 6.85. The van der Waals surface area contributed by atoms with Gasteiger partial charge in [-0.2, -0.15) is 10.5 Å². The van der Waals surface area contributed by atoms with Crippen molar-refractivity contribution in [1.82, 2.24) is 4.90 Å². The van der Waals surface area contributed by atoms with E-state index in [0.29, 0.717) is 11.1 Å². The largest absolute Gasteiger partial charge is 0.466 e. The Morgan fingerprint density at radius 1 is 0.806 bits per heavy atom. The summed E-state index contributed by atoms with van der Waals surface area (Å²) in [6, 6.07) is 21.2. The number of hydrogen-bond acceptors (Lipinski definition) is 8. The fraction of sp³-hybridized carbons (Fsp3) is 0.250. The summed E-state index contributed by atoms with van der Waals surface area (Å²) in [5, 5.41) is 20.9. The summed E-state index contributed by atoms with van der Waals surface area (Å²) in [6.07, 6.45) is 1.57. The van der Waals surface area contributed by atoms with E-state index in [1.54, 1.807) is 80.6 Å². The zero-order valence-electron chi connectivity index (χ0n) is 20.2. The van der Waals surface area contributed by atoms with Gasteiger partial charge >= 0.3 is 11.9 Å². The van der Waals surface area contributed by atoms with Crippen LogP contribution in [-0.4, -0.2) is 47.9 Å². The van der Waals surface area contributed by atoms with Gasteiger partial charge in [-0.25, -0.2) is 14.5 Å². The molecule has 0 fully saturated rings. The molecule has 0 spiro atoms. The van der Waals surface area contributed by atoms with Crippen molar-refractivity contribution in [3.8, 4) is 12.1 Å². The molecule has 0 aliphatic carbocycles. The predicted molar refractivity (Wildman–Crippen MR) is 128 cm³/mol. The number of hydrogen-bond donors (Lipinski definition) is 0. The first-order chi connectivity index (χ1) is 17.2. The average molecular weight is 482 g/mol. The van der Waals surface area contributed by atoms with Crippen LogP contribution < -0.4 is 0 Å². The lowest BCUT2D eigenvalue weighted by molar-refractivity contribution is -0.139. The molecule has 0 radical (unpaired) electrons. The molecule has 0 aromatic heterocycles. The van der Waals surface area contributed by atoms with Crippen molar-refractivity contribution >= 4 is 17.7 Å². The van der Waals surface area contributed by atoms with Gasteiger partial charge in [0, 0.05) is 16.7 Å². The van der Waals surface area contributed by atoms with Crippen LogP contribution in [0.1, 0.15) is 29.8 Å². The summed E-state index contributed by atoms with van der Waals surface area (Å²) in [6.45, 7) is 3.37. The van der Waals surface area contributed by atoms with E-state index in [2.05, 4.69) is 0 Å². The van der Waals surface area contributed by atoms with E-state index < -0.39 is 34.1 Å². The maximum atomic E-state index is 13.8. The SMILES string of the molecule is COC(=O)C1=C(C(=O)OC)C2(c3ccccc3)C=C(C(=O)c3ccccc3)C(C)(C)N2C1(C#N)C#N. The minimum Gasteiger partial charge on any atom is -0.466 e. The van der Waals surface area contributed by atoms with Gasteiger partial charge < -0.3 is 9.47 Å². The number of Topliss-reactive ketones (excluding diaryl/α,β-unsaturated/α-hetero) is 1. The van der Waals surface area contributed by atoms with Crippen LogP contribution >= 0.6 is 0 Å². The fourth-order valence-corrected chi connectivity index (χ4v) is 5.45. The Morgan fingerprint density at radius 2 is 1.31 bits per heavy atom.